The number of nitrogens with one attached hydrogen (secondary N) is 1. The van der Waals surface area contributed by atoms with Gasteiger partial charge in [-0.25, -0.2) is 9.48 Å². The van der Waals surface area contributed by atoms with Crippen molar-refractivity contribution >= 4 is 11.4 Å². The molecule has 0 unspecified atom stereocenters. The SMILES string of the molecule is Cc1cc(C(=O)Cn2nc3ccccn3c2=O)c(C)[nH]1. The summed E-state index contributed by atoms with van der Waals surface area (Å²) in [6.07, 6.45) is 1.64. The Morgan fingerprint density at radius 3 is 2.80 bits per heavy atom. The van der Waals surface area contributed by atoms with E-state index in [-0.39, 0.29) is 18.0 Å². The van der Waals surface area contributed by atoms with Gasteiger partial charge in [0.15, 0.2) is 11.4 Å². The molecule has 0 bridgehead atoms. The normalized spacial score (nSPS) is 11.1. The molecular formula is C14H14N4O2. The Balaban J connectivity index is 1.97. The summed E-state index contributed by atoms with van der Waals surface area (Å²) in [5.41, 5.74) is 2.56. The smallest absolute Gasteiger partial charge is 0.350 e. The van der Waals surface area contributed by atoms with Crippen LogP contribution in [0, 0.1) is 13.8 Å². The van der Waals surface area contributed by atoms with Crippen molar-refractivity contribution in [2.75, 3.05) is 0 Å². The fourth-order valence-corrected chi connectivity index (χ4v) is 2.31. The van der Waals surface area contributed by atoms with Gasteiger partial charge in [0.25, 0.3) is 0 Å². The van der Waals surface area contributed by atoms with Crippen molar-refractivity contribution in [2.24, 2.45) is 0 Å². The second kappa shape index (κ2) is 4.48. The Kier molecular flexibility index (Phi) is 2.78. The third-order valence-electron chi connectivity index (χ3n) is 3.23. The summed E-state index contributed by atoms with van der Waals surface area (Å²) in [5.74, 6) is -0.127. The zero-order valence-electron chi connectivity index (χ0n) is 11.3. The van der Waals surface area contributed by atoms with Crippen molar-refractivity contribution in [3.05, 3.63) is 57.9 Å². The summed E-state index contributed by atoms with van der Waals surface area (Å²) in [5, 5.41) is 4.15. The van der Waals surface area contributed by atoms with E-state index in [2.05, 4.69) is 10.1 Å². The molecule has 3 heterocycles. The molecule has 0 saturated heterocycles. The number of H-pyrrole nitrogens is 1. The number of carbonyl (C=O) groups is 1. The first-order valence-corrected chi connectivity index (χ1v) is 6.30. The highest BCUT2D eigenvalue weighted by Crippen LogP contribution is 2.10. The van der Waals surface area contributed by atoms with Crippen LogP contribution < -0.4 is 5.69 Å². The lowest BCUT2D eigenvalue weighted by Gasteiger charge is -1.98. The van der Waals surface area contributed by atoms with Gasteiger partial charge in [0.05, 0.1) is 0 Å². The first kappa shape index (κ1) is 12.4. The van der Waals surface area contributed by atoms with Gasteiger partial charge >= 0.3 is 5.69 Å². The van der Waals surface area contributed by atoms with Gasteiger partial charge in [-0.2, -0.15) is 0 Å². The lowest BCUT2D eigenvalue weighted by atomic mass is 10.1. The number of aromatic nitrogens is 4. The zero-order valence-corrected chi connectivity index (χ0v) is 11.3. The Morgan fingerprint density at radius 1 is 1.35 bits per heavy atom. The minimum absolute atomic E-state index is 0.0569. The maximum Gasteiger partial charge on any atom is 0.350 e. The van der Waals surface area contributed by atoms with Crippen LogP contribution in [0.4, 0.5) is 0 Å². The van der Waals surface area contributed by atoms with E-state index in [9.17, 15) is 9.59 Å². The number of hydrogen-bond donors (Lipinski definition) is 1. The predicted octanol–water partition coefficient (Wildman–Crippen LogP) is 1.32. The first-order chi connectivity index (χ1) is 9.56. The minimum atomic E-state index is -0.307. The Bertz CT molecular complexity index is 854. The molecule has 6 heteroatoms. The minimum Gasteiger partial charge on any atom is -0.362 e. The van der Waals surface area contributed by atoms with Crippen LogP contribution in [0.15, 0.2) is 35.3 Å². The van der Waals surface area contributed by atoms with E-state index in [0.29, 0.717) is 11.2 Å². The molecule has 20 heavy (non-hydrogen) atoms. The number of fused-ring (bicyclic) bond motifs is 1. The topological polar surface area (TPSA) is 72.2 Å². The van der Waals surface area contributed by atoms with Crippen molar-refractivity contribution in [2.45, 2.75) is 20.4 Å². The van der Waals surface area contributed by atoms with Crippen LogP contribution in [0.1, 0.15) is 21.7 Å². The molecule has 0 radical (unpaired) electrons. The van der Waals surface area contributed by atoms with Crippen LogP contribution in [-0.4, -0.2) is 24.9 Å². The van der Waals surface area contributed by atoms with E-state index in [1.54, 1.807) is 30.5 Å². The summed E-state index contributed by atoms with van der Waals surface area (Å²) in [6, 6.07) is 7.07. The molecule has 0 saturated carbocycles. The van der Waals surface area contributed by atoms with E-state index in [4.69, 9.17) is 0 Å². The van der Waals surface area contributed by atoms with E-state index in [0.717, 1.165) is 11.4 Å². The molecule has 0 aliphatic rings. The molecule has 3 rings (SSSR count). The average Bonchev–Trinajstić information content (AvgIpc) is 2.91. The van der Waals surface area contributed by atoms with Crippen LogP contribution in [0.2, 0.25) is 0 Å². The van der Waals surface area contributed by atoms with Crippen LogP contribution in [-0.2, 0) is 6.54 Å². The van der Waals surface area contributed by atoms with E-state index in [1.807, 2.05) is 13.8 Å². The molecule has 0 aromatic carbocycles. The average molecular weight is 270 g/mol. The first-order valence-electron chi connectivity index (χ1n) is 6.30. The fraction of sp³-hybridized carbons (Fsp3) is 0.214. The summed E-state index contributed by atoms with van der Waals surface area (Å²) in [7, 11) is 0. The second-order valence-electron chi connectivity index (χ2n) is 4.78. The van der Waals surface area contributed by atoms with Crippen LogP contribution in [0.3, 0.4) is 0 Å². The second-order valence-corrected chi connectivity index (χ2v) is 4.78. The van der Waals surface area contributed by atoms with Gasteiger partial charge in [-0.05, 0) is 32.0 Å². The number of aromatic amines is 1. The van der Waals surface area contributed by atoms with Gasteiger partial charge in [-0.3, -0.25) is 9.20 Å². The number of aryl methyl sites for hydroxylation is 2. The van der Waals surface area contributed by atoms with Gasteiger partial charge in [0.2, 0.25) is 0 Å². The molecule has 3 aromatic rings. The number of ketones is 1. The van der Waals surface area contributed by atoms with E-state index >= 15 is 0 Å². The quantitative estimate of drug-likeness (QED) is 0.730. The van der Waals surface area contributed by atoms with Gasteiger partial charge in [-0.1, -0.05) is 6.07 Å². The van der Waals surface area contributed by atoms with Crippen LogP contribution in [0.5, 0.6) is 0 Å². The van der Waals surface area contributed by atoms with Crippen LogP contribution >= 0.6 is 0 Å². The third-order valence-corrected chi connectivity index (χ3v) is 3.23. The molecule has 0 fully saturated rings. The molecule has 0 aliphatic carbocycles. The van der Waals surface area contributed by atoms with Gasteiger partial charge < -0.3 is 4.98 Å². The molecule has 3 aromatic heterocycles. The maximum atomic E-state index is 12.2. The Labute approximate surface area is 114 Å². The molecule has 0 amide bonds. The van der Waals surface area contributed by atoms with Crippen molar-refractivity contribution in [3.8, 4) is 0 Å². The van der Waals surface area contributed by atoms with Gasteiger partial charge in [-0.15, -0.1) is 5.10 Å². The molecule has 0 atom stereocenters. The number of rotatable bonds is 3. The monoisotopic (exact) mass is 270 g/mol. The van der Waals surface area contributed by atoms with Gasteiger partial charge in [0.1, 0.15) is 6.54 Å². The number of Topliss-reactive ketones (excluding diaryl/α,β-unsaturated/α-hetero) is 1. The summed E-state index contributed by atoms with van der Waals surface area (Å²) in [6.45, 7) is 3.67. The molecule has 6 nitrogen and oxygen atoms in total. The number of pyridine rings is 1. The van der Waals surface area contributed by atoms with Crippen molar-refractivity contribution in [1.82, 2.24) is 19.2 Å². The Morgan fingerprint density at radius 2 is 2.15 bits per heavy atom. The van der Waals surface area contributed by atoms with Crippen molar-refractivity contribution in [1.29, 1.82) is 0 Å². The highest BCUT2D eigenvalue weighted by molar-refractivity contribution is 5.97. The van der Waals surface area contributed by atoms with Crippen molar-refractivity contribution in [3.63, 3.8) is 0 Å². The molecule has 1 N–H and O–H groups in total. The van der Waals surface area contributed by atoms with E-state index < -0.39 is 0 Å². The summed E-state index contributed by atoms with van der Waals surface area (Å²) >= 11 is 0. The number of nitrogens with zero attached hydrogens (tertiary/aromatic N) is 3. The third kappa shape index (κ3) is 1.95. The molecule has 102 valence electrons. The predicted molar refractivity (Wildman–Crippen MR) is 74.0 cm³/mol. The van der Waals surface area contributed by atoms with Crippen molar-refractivity contribution < 1.29 is 4.79 Å². The standard InChI is InChI=1S/C14H14N4O2/c1-9-7-11(10(2)15-9)12(19)8-18-14(20)17-6-4-3-5-13(17)16-18/h3-7,15H,8H2,1-2H3. The highest BCUT2D eigenvalue weighted by Gasteiger charge is 2.15. The Hall–Kier alpha value is -2.63. The zero-order chi connectivity index (χ0) is 14.3. The largest absolute Gasteiger partial charge is 0.362 e. The lowest BCUT2D eigenvalue weighted by molar-refractivity contribution is 0.0966. The lowest BCUT2D eigenvalue weighted by Crippen LogP contribution is -2.25. The van der Waals surface area contributed by atoms with Gasteiger partial charge in [0, 0.05) is 23.1 Å². The number of carbonyl (C=O) groups excluding carboxylic acids is 1. The molecule has 0 aliphatic heterocycles. The summed E-state index contributed by atoms with van der Waals surface area (Å²) < 4.78 is 2.61. The number of hydrogen-bond acceptors (Lipinski definition) is 3. The molecular weight excluding hydrogens is 256 g/mol. The maximum absolute atomic E-state index is 12.2. The molecule has 0 spiro atoms. The summed E-state index contributed by atoms with van der Waals surface area (Å²) in [4.78, 5) is 27.4. The van der Waals surface area contributed by atoms with E-state index in [1.165, 1.54) is 9.08 Å². The fourth-order valence-electron chi connectivity index (χ4n) is 2.31. The highest BCUT2D eigenvalue weighted by atomic mass is 16.2. The van der Waals surface area contributed by atoms with Crippen LogP contribution in [0.25, 0.3) is 5.65 Å².